The van der Waals surface area contributed by atoms with E-state index in [2.05, 4.69) is 111 Å². The van der Waals surface area contributed by atoms with Gasteiger partial charge in [-0.2, -0.15) is 0 Å². The highest BCUT2D eigenvalue weighted by atomic mass is 127. The highest BCUT2D eigenvalue weighted by Crippen LogP contribution is 2.67. The summed E-state index contributed by atoms with van der Waals surface area (Å²) in [6.07, 6.45) is 17.9. The first-order valence-corrected chi connectivity index (χ1v) is 34.0. The molecular formula is C40H66I4O7S4. The van der Waals surface area contributed by atoms with Crippen molar-refractivity contribution in [1.29, 1.82) is 0 Å². The third-order valence-corrected chi connectivity index (χ3v) is 18.1. The maximum atomic E-state index is 12.9. The highest BCUT2D eigenvalue weighted by Gasteiger charge is 2.59. The van der Waals surface area contributed by atoms with Gasteiger partial charge >= 0.3 is 11.9 Å². The van der Waals surface area contributed by atoms with Gasteiger partial charge in [-0.1, -0.05) is 90.3 Å². The number of carbonyl (C=O) groups excluding carboxylic acids is 2. The zero-order chi connectivity index (χ0) is 40.6. The first-order chi connectivity index (χ1) is 26.3. The van der Waals surface area contributed by atoms with E-state index in [0.29, 0.717) is 11.8 Å². The second-order valence-corrected chi connectivity index (χ2v) is 25.0. The van der Waals surface area contributed by atoms with Crippen molar-refractivity contribution in [1.82, 2.24) is 0 Å². The third kappa shape index (κ3) is 15.9. The van der Waals surface area contributed by atoms with Crippen LogP contribution in [-0.4, -0.2) is 59.0 Å². The average Bonchev–Trinajstić information content (AvgIpc) is 3.51. The normalized spacial score (nSPS) is 34.4. The van der Waals surface area contributed by atoms with Gasteiger partial charge in [-0.05, 0) is 134 Å². The van der Waals surface area contributed by atoms with Crippen LogP contribution in [0.5, 0.6) is 0 Å². The van der Waals surface area contributed by atoms with Crippen LogP contribution >= 0.6 is 121 Å². The largest absolute Gasteiger partial charge is 0.463 e. The van der Waals surface area contributed by atoms with Gasteiger partial charge in [0.2, 0.25) is 0 Å². The molecule has 1 heterocycles. The number of allylic oxidation sites excluding steroid dienone is 1. The molecule has 0 aromatic rings. The van der Waals surface area contributed by atoms with E-state index < -0.39 is 0 Å². The summed E-state index contributed by atoms with van der Waals surface area (Å²) in [6, 6.07) is 0. The minimum absolute atomic E-state index is 0.0382. The number of fused-ring (bicyclic) bond motifs is 5. The van der Waals surface area contributed by atoms with E-state index in [4.69, 9.17) is 22.9 Å². The van der Waals surface area contributed by atoms with Gasteiger partial charge in [0.15, 0.2) is 0 Å². The standard InChI is InChI=1S/C38H60I2O6S2.C2H5IS.HIOS/c1-24(2)7-6-8-25(3)32-11-12-33-31-10-9-26-19-27(15-17-37(26,4)34(31)16-18-38(32,33)5)45-36(42)14-13-35(41)43-22-29-20-28(46-48-40)21-30(44-29)23-47-39;1-2-4-3;1-3-2/h9,24-25,27-34H,6-8,10-23H2,1-5H3;2H2,1H3;2H. The maximum Gasteiger partial charge on any atom is 0.306 e. The molecule has 0 spiro atoms. The minimum Gasteiger partial charge on any atom is -0.463 e. The second kappa shape index (κ2) is 27.2. The summed E-state index contributed by atoms with van der Waals surface area (Å²) in [4.78, 5) is 25.4. The zero-order valence-corrected chi connectivity index (χ0v) is 45.5. The number of esters is 2. The minimum atomic E-state index is -0.373. The molecule has 11 atom stereocenters. The van der Waals surface area contributed by atoms with Crippen molar-refractivity contribution in [2.45, 2.75) is 162 Å². The molecule has 320 valence electrons. The van der Waals surface area contributed by atoms with Gasteiger partial charge in [0.25, 0.3) is 0 Å². The molecule has 15 heteroatoms. The van der Waals surface area contributed by atoms with Crippen molar-refractivity contribution < 1.29 is 32.5 Å². The molecule has 11 unspecified atom stereocenters. The van der Waals surface area contributed by atoms with Gasteiger partial charge in [-0.25, -0.2) is 0 Å². The molecule has 0 bridgehead atoms. The molecule has 5 aliphatic rings. The fourth-order valence-electron chi connectivity index (χ4n) is 10.9. The second-order valence-electron chi connectivity index (χ2n) is 17.2. The Morgan fingerprint density at radius 3 is 2.27 bits per heavy atom. The number of hydrogen-bond donors (Lipinski definition) is 1. The summed E-state index contributed by atoms with van der Waals surface area (Å²) in [5.74, 6) is 6.37. The van der Waals surface area contributed by atoms with Gasteiger partial charge in [-0.15, -0.1) is 0 Å². The Labute approximate surface area is 399 Å². The van der Waals surface area contributed by atoms with Crippen molar-refractivity contribution in [3.05, 3.63) is 11.6 Å². The molecule has 0 aromatic heterocycles. The van der Waals surface area contributed by atoms with E-state index in [-0.39, 0.29) is 61.2 Å². The van der Waals surface area contributed by atoms with Crippen molar-refractivity contribution in [3.8, 4) is 0 Å². The fourth-order valence-corrected chi connectivity index (χ4v) is 13.6. The van der Waals surface area contributed by atoms with E-state index in [1.54, 1.807) is 30.1 Å². The van der Waals surface area contributed by atoms with Gasteiger partial charge in [0.1, 0.15) is 12.7 Å². The Balaban J connectivity index is 0.00000107. The first-order valence-electron chi connectivity index (χ1n) is 20.3. The Kier molecular flexibility index (Phi) is 25.8. The molecule has 3 saturated carbocycles. The Hall–Kier alpha value is 2.88. The fraction of sp³-hybridized carbons (Fsp3) is 0.900. The molecule has 0 aromatic carbocycles. The van der Waals surface area contributed by atoms with Crippen LogP contribution in [0.4, 0.5) is 0 Å². The SMILES string of the molecule is CC(C)CCCC(C)C1CCC2C3CC=C4CC(OC(=O)CCC(=O)OCC5CC(OSI)CC(CSI)O5)CCC4(C)C3CCC12C.CCSI.OSI. The molecule has 0 radical (unpaired) electrons. The maximum absolute atomic E-state index is 12.9. The number of hydrogen-bond acceptors (Lipinski definition) is 11. The van der Waals surface area contributed by atoms with Crippen LogP contribution in [0.3, 0.4) is 0 Å². The van der Waals surface area contributed by atoms with Crippen LogP contribution in [0.1, 0.15) is 138 Å². The number of halogens is 4. The molecular weight excluding hydrogens is 1230 g/mol. The summed E-state index contributed by atoms with van der Waals surface area (Å²) in [5, 5.41) is 0. The Morgan fingerprint density at radius 2 is 1.62 bits per heavy atom. The molecule has 4 fully saturated rings. The van der Waals surface area contributed by atoms with Crippen LogP contribution in [0.2, 0.25) is 0 Å². The van der Waals surface area contributed by atoms with Crippen LogP contribution in [0, 0.1) is 46.3 Å². The summed E-state index contributed by atoms with van der Waals surface area (Å²) in [6.45, 7) is 14.8. The topological polar surface area (TPSA) is 91.3 Å². The van der Waals surface area contributed by atoms with Gasteiger partial charge in [0, 0.05) is 73.2 Å². The summed E-state index contributed by atoms with van der Waals surface area (Å²) >= 11 is 8.44. The van der Waals surface area contributed by atoms with E-state index in [1.807, 2.05) is 8.93 Å². The molecule has 4 aliphatic carbocycles. The number of carbonyl (C=O) groups is 2. The Bertz CT molecular complexity index is 1170. The molecule has 5 rings (SSSR count). The molecule has 0 amide bonds. The van der Waals surface area contributed by atoms with Gasteiger partial charge < -0.3 is 22.9 Å². The predicted molar refractivity (Wildman–Crippen MR) is 270 cm³/mol. The van der Waals surface area contributed by atoms with Crippen molar-refractivity contribution in [2.75, 3.05) is 18.1 Å². The summed E-state index contributed by atoms with van der Waals surface area (Å²) in [5.41, 5.74) is 2.26. The smallest absolute Gasteiger partial charge is 0.306 e. The van der Waals surface area contributed by atoms with Crippen LogP contribution in [0.15, 0.2) is 11.6 Å². The lowest BCUT2D eigenvalue weighted by Gasteiger charge is -2.58. The van der Waals surface area contributed by atoms with Crippen molar-refractivity contribution in [2.24, 2.45) is 46.3 Å². The average molecular weight is 1290 g/mol. The summed E-state index contributed by atoms with van der Waals surface area (Å²) in [7, 11) is 5.60. The lowest BCUT2D eigenvalue weighted by atomic mass is 9.47. The molecule has 1 N–H and O–H groups in total. The zero-order valence-electron chi connectivity index (χ0n) is 33.6. The van der Waals surface area contributed by atoms with Crippen molar-refractivity contribution >= 4 is 133 Å². The third-order valence-electron chi connectivity index (χ3n) is 13.5. The van der Waals surface area contributed by atoms with Crippen LogP contribution < -0.4 is 0 Å². The first kappa shape index (κ1) is 52.2. The van der Waals surface area contributed by atoms with E-state index in [9.17, 15) is 9.59 Å². The van der Waals surface area contributed by atoms with Crippen LogP contribution in [-0.2, 0) is 28.0 Å². The van der Waals surface area contributed by atoms with Crippen LogP contribution in [0.25, 0.3) is 0 Å². The lowest BCUT2D eigenvalue weighted by Crippen LogP contribution is -2.51. The Morgan fingerprint density at radius 1 is 0.927 bits per heavy atom. The quantitative estimate of drug-likeness (QED) is 0.0693. The lowest BCUT2D eigenvalue weighted by molar-refractivity contribution is -0.159. The summed E-state index contributed by atoms with van der Waals surface area (Å²) < 4.78 is 30.9. The monoisotopic (exact) mass is 1290 g/mol. The molecule has 1 aliphatic heterocycles. The van der Waals surface area contributed by atoms with E-state index in [1.165, 1.54) is 71.9 Å². The number of rotatable bonds is 16. The molecule has 7 nitrogen and oxygen atoms in total. The molecule has 55 heavy (non-hydrogen) atoms. The van der Waals surface area contributed by atoms with E-state index in [0.717, 1.165) is 76.2 Å². The van der Waals surface area contributed by atoms with E-state index >= 15 is 0 Å². The van der Waals surface area contributed by atoms with Gasteiger partial charge in [0.05, 0.1) is 49.6 Å². The van der Waals surface area contributed by atoms with Gasteiger partial charge in [-0.3, -0.25) is 9.59 Å². The number of ether oxygens (including phenoxy) is 3. The molecule has 1 saturated heterocycles. The highest BCUT2D eigenvalue weighted by molar-refractivity contribution is 14.2. The van der Waals surface area contributed by atoms with Crippen molar-refractivity contribution in [3.63, 3.8) is 0 Å². The predicted octanol–water partition coefficient (Wildman–Crippen LogP) is 14.9.